The minimum atomic E-state index is -0.335. The van der Waals surface area contributed by atoms with Gasteiger partial charge in [0.15, 0.2) is 0 Å². The Morgan fingerprint density at radius 3 is 2.83 bits per heavy atom. The van der Waals surface area contributed by atoms with Crippen molar-refractivity contribution < 1.29 is 4.79 Å². The molecule has 1 aliphatic carbocycles. The molecule has 128 valence electrons. The van der Waals surface area contributed by atoms with Crippen molar-refractivity contribution in [1.82, 2.24) is 25.1 Å². The van der Waals surface area contributed by atoms with Gasteiger partial charge < -0.3 is 10.3 Å². The van der Waals surface area contributed by atoms with Crippen LogP contribution in [0.1, 0.15) is 52.5 Å². The van der Waals surface area contributed by atoms with Gasteiger partial charge in [-0.1, -0.05) is 6.42 Å². The fourth-order valence-electron chi connectivity index (χ4n) is 3.16. The first kappa shape index (κ1) is 16.4. The predicted molar refractivity (Wildman–Crippen MR) is 90.2 cm³/mol. The summed E-state index contributed by atoms with van der Waals surface area (Å²) in [5.74, 6) is 1.18. The van der Waals surface area contributed by atoms with Crippen molar-refractivity contribution in [1.29, 1.82) is 0 Å². The SMILES string of the molecule is Cc1nc(C)n(CCNC(=O)c2cc3c([nH]c2=O)CCCCC3)n1. The number of rotatable bonds is 4. The van der Waals surface area contributed by atoms with Crippen molar-refractivity contribution in [2.75, 3.05) is 6.54 Å². The molecule has 0 unspecified atom stereocenters. The molecule has 2 heterocycles. The molecule has 7 nitrogen and oxygen atoms in total. The Bertz CT molecular complexity index is 806. The highest BCUT2D eigenvalue weighted by Crippen LogP contribution is 2.18. The Morgan fingerprint density at radius 1 is 1.29 bits per heavy atom. The van der Waals surface area contributed by atoms with E-state index in [1.54, 1.807) is 10.7 Å². The Labute approximate surface area is 140 Å². The minimum absolute atomic E-state index is 0.196. The lowest BCUT2D eigenvalue weighted by Gasteiger charge is -2.09. The minimum Gasteiger partial charge on any atom is -0.350 e. The van der Waals surface area contributed by atoms with Gasteiger partial charge >= 0.3 is 0 Å². The Morgan fingerprint density at radius 2 is 2.08 bits per heavy atom. The fourth-order valence-corrected chi connectivity index (χ4v) is 3.16. The molecule has 24 heavy (non-hydrogen) atoms. The molecule has 0 saturated heterocycles. The maximum absolute atomic E-state index is 12.3. The Balaban J connectivity index is 1.67. The molecule has 0 radical (unpaired) electrons. The van der Waals surface area contributed by atoms with Gasteiger partial charge in [0.1, 0.15) is 17.2 Å². The van der Waals surface area contributed by atoms with E-state index < -0.39 is 0 Å². The third-order valence-electron chi connectivity index (χ3n) is 4.40. The van der Waals surface area contributed by atoms with Crippen molar-refractivity contribution in [2.24, 2.45) is 0 Å². The van der Waals surface area contributed by atoms with Crippen LogP contribution in [0.2, 0.25) is 0 Å². The summed E-state index contributed by atoms with van der Waals surface area (Å²) in [5, 5.41) is 7.05. The second-order valence-electron chi connectivity index (χ2n) is 6.26. The monoisotopic (exact) mass is 329 g/mol. The molecule has 1 aliphatic rings. The average Bonchev–Trinajstić information content (AvgIpc) is 2.73. The third kappa shape index (κ3) is 3.55. The summed E-state index contributed by atoms with van der Waals surface area (Å²) in [6.45, 7) is 4.64. The number of carbonyl (C=O) groups is 1. The van der Waals surface area contributed by atoms with Gasteiger partial charge in [0.05, 0.1) is 6.54 Å². The number of carbonyl (C=O) groups excluding carboxylic acids is 1. The number of H-pyrrole nitrogens is 1. The number of nitrogens with zero attached hydrogens (tertiary/aromatic N) is 3. The van der Waals surface area contributed by atoms with E-state index in [0.29, 0.717) is 18.9 Å². The maximum Gasteiger partial charge on any atom is 0.261 e. The van der Waals surface area contributed by atoms with E-state index in [-0.39, 0.29) is 17.0 Å². The summed E-state index contributed by atoms with van der Waals surface area (Å²) in [6, 6.07) is 1.76. The van der Waals surface area contributed by atoms with E-state index in [0.717, 1.165) is 49.2 Å². The van der Waals surface area contributed by atoms with Crippen LogP contribution in [0.25, 0.3) is 0 Å². The van der Waals surface area contributed by atoms with Crippen LogP contribution in [-0.2, 0) is 19.4 Å². The van der Waals surface area contributed by atoms with Gasteiger partial charge in [-0.25, -0.2) is 9.67 Å². The first-order valence-electron chi connectivity index (χ1n) is 8.46. The van der Waals surface area contributed by atoms with Crippen LogP contribution in [0.3, 0.4) is 0 Å². The van der Waals surface area contributed by atoms with Crippen LogP contribution >= 0.6 is 0 Å². The average molecular weight is 329 g/mol. The molecule has 0 atom stereocenters. The molecule has 1 amide bonds. The number of hydrogen-bond donors (Lipinski definition) is 2. The highest BCUT2D eigenvalue weighted by Gasteiger charge is 2.16. The summed E-state index contributed by atoms with van der Waals surface area (Å²) in [4.78, 5) is 31.6. The number of aromatic nitrogens is 4. The number of amides is 1. The molecule has 0 spiro atoms. The van der Waals surface area contributed by atoms with E-state index in [2.05, 4.69) is 20.4 Å². The molecular formula is C17H23N5O2. The Hall–Kier alpha value is -2.44. The van der Waals surface area contributed by atoms with Gasteiger partial charge in [-0.05, 0) is 51.2 Å². The molecule has 2 aromatic heterocycles. The molecule has 2 N–H and O–H groups in total. The standard InChI is InChI=1S/C17H23N5O2/c1-11-19-12(2)22(21-11)9-8-18-16(23)14-10-13-6-4-3-5-7-15(13)20-17(14)24/h10H,3-9H2,1-2H3,(H,18,23)(H,20,24). The highest BCUT2D eigenvalue weighted by atomic mass is 16.2. The number of nitrogens with one attached hydrogen (secondary N) is 2. The third-order valence-corrected chi connectivity index (χ3v) is 4.40. The lowest BCUT2D eigenvalue weighted by molar-refractivity contribution is 0.0950. The molecule has 0 aliphatic heterocycles. The zero-order valence-corrected chi connectivity index (χ0v) is 14.2. The quantitative estimate of drug-likeness (QED) is 0.827. The van der Waals surface area contributed by atoms with Gasteiger partial charge in [0.25, 0.3) is 11.5 Å². The highest BCUT2D eigenvalue weighted by molar-refractivity contribution is 5.94. The first-order valence-corrected chi connectivity index (χ1v) is 8.46. The van der Waals surface area contributed by atoms with Crippen molar-refractivity contribution in [2.45, 2.75) is 52.5 Å². The molecule has 0 fully saturated rings. The summed E-state index contributed by atoms with van der Waals surface area (Å²) in [7, 11) is 0. The molecule has 0 aromatic carbocycles. The largest absolute Gasteiger partial charge is 0.350 e. The smallest absolute Gasteiger partial charge is 0.261 e. The van der Waals surface area contributed by atoms with Crippen molar-refractivity contribution in [3.05, 3.63) is 44.9 Å². The normalized spacial score (nSPS) is 14.1. The summed E-state index contributed by atoms with van der Waals surface area (Å²) >= 11 is 0. The van der Waals surface area contributed by atoms with Crippen LogP contribution in [0, 0.1) is 13.8 Å². The maximum atomic E-state index is 12.3. The van der Waals surface area contributed by atoms with Gasteiger partial charge in [-0.3, -0.25) is 9.59 Å². The topological polar surface area (TPSA) is 92.7 Å². The van der Waals surface area contributed by atoms with E-state index in [9.17, 15) is 9.59 Å². The van der Waals surface area contributed by atoms with Crippen molar-refractivity contribution >= 4 is 5.91 Å². The van der Waals surface area contributed by atoms with Gasteiger partial charge in [-0.2, -0.15) is 5.10 Å². The molecule has 3 rings (SSSR count). The summed E-state index contributed by atoms with van der Waals surface area (Å²) < 4.78 is 1.75. The van der Waals surface area contributed by atoms with Crippen LogP contribution < -0.4 is 10.9 Å². The second kappa shape index (κ2) is 6.98. The van der Waals surface area contributed by atoms with Crippen LogP contribution in [0.4, 0.5) is 0 Å². The van der Waals surface area contributed by atoms with E-state index in [1.807, 2.05) is 13.8 Å². The molecule has 7 heteroatoms. The molecule has 2 aromatic rings. The van der Waals surface area contributed by atoms with Crippen LogP contribution in [-0.4, -0.2) is 32.2 Å². The predicted octanol–water partition coefficient (Wildman–Crippen LogP) is 1.28. The van der Waals surface area contributed by atoms with Crippen LogP contribution in [0.5, 0.6) is 0 Å². The zero-order chi connectivity index (χ0) is 17.1. The summed E-state index contributed by atoms with van der Waals surface area (Å²) in [6.07, 6.45) is 5.16. The van der Waals surface area contributed by atoms with E-state index in [4.69, 9.17) is 0 Å². The lowest BCUT2D eigenvalue weighted by Crippen LogP contribution is -2.33. The summed E-state index contributed by atoms with van der Waals surface area (Å²) in [5.41, 5.74) is 1.98. The molecule has 0 saturated carbocycles. The number of hydrogen-bond acceptors (Lipinski definition) is 4. The zero-order valence-electron chi connectivity index (χ0n) is 14.2. The second-order valence-corrected chi connectivity index (χ2v) is 6.26. The Kier molecular flexibility index (Phi) is 4.78. The van der Waals surface area contributed by atoms with Gasteiger partial charge in [0, 0.05) is 12.2 Å². The van der Waals surface area contributed by atoms with Gasteiger partial charge in [0.2, 0.25) is 0 Å². The number of aromatic amines is 1. The molecular weight excluding hydrogens is 306 g/mol. The molecule has 0 bridgehead atoms. The van der Waals surface area contributed by atoms with Crippen molar-refractivity contribution in [3.63, 3.8) is 0 Å². The van der Waals surface area contributed by atoms with E-state index >= 15 is 0 Å². The van der Waals surface area contributed by atoms with E-state index in [1.165, 1.54) is 0 Å². The van der Waals surface area contributed by atoms with Crippen molar-refractivity contribution in [3.8, 4) is 0 Å². The van der Waals surface area contributed by atoms with Crippen LogP contribution in [0.15, 0.2) is 10.9 Å². The number of fused-ring (bicyclic) bond motifs is 1. The lowest BCUT2D eigenvalue weighted by atomic mass is 10.1. The number of pyridine rings is 1. The number of aryl methyl sites for hydroxylation is 4. The fraction of sp³-hybridized carbons (Fsp3) is 0.529. The van der Waals surface area contributed by atoms with Gasteiger partial charge in [-0.15, -0.1) is 0 Å². The first-order chi connectivity index (χ1) is 11.5.